The molecule has 0 fully saturated rings. The van der Waals surface area contributed by atoms with Crippen molar-refractivity contribution in [2.75, 3.05) is 0 Å². The molecule has 15 heavy (non-hydrogen) atoms. The molecule has 4 heteroatoms. The van der Waals surface area contributed by atoms with Crippen LogP contribution in [0.25, 0.3) is 11.3 Å². The quantitative estimate of drug-likeness (QED) is 0.861. The maximum atomic E-state index is 5.38. The zero-order valence-electron chi connectivity index (χ0n) is 7.96. The molecule has 0 atom stereocenters. The average molecular weight is 265 g/mol. The summed E-state index contributed by atoms with van der Waals surface area (Å²) in [6.07, 6.45) is 0. The second kappa shape index (κ2) is 3.47. The van der Waals surface area contributed by atoms with Gasteiger partial charge in [-0.25, -0.2) is 0 Å². The van der Waals surface area contributed by atoms with Gasteiger partial charge >= 0.3 is 0 Å². The number of hydrogen-bond donors (Lipinski definition) is 1. The number of aromatic nitrogens is 1. The molecule has 3 nitrogen and oxygen atoms in total. The van der Waals surface area contributed by atoms with Gasteiger partial charge in [0.1, 0.15) is 5.69 Å². The van der Waals surface area contributed by atoms with E-state index in [2.05, 4.69) is 26.4 Å². The van der Waals surface area contributed by atoms with Crippen molar-refractivity contribution in [3.63, 3.8) is 0 Å². The lowest BCUT2D eigenvalue weighted by atomic mass is 10.1. The molecule has 1 N–H and O–H groups in total. The van der Waals surface area contributed by atoms with E-state index in [1.54, 1.807) is 0 Å². The largest absolute Gasteiger partial charge is 0.356 e. The van der Waals surface area contributed by atoms with E-state index in [1.165, 1.54) is 5.56 Å². The van der Waals surface area contributed by atoms with Gasteiger partial charge in [0.05, 0.1) is 0 Å². The van der Waals surface area contributed by atoms with Crippen molar-refractivity contribution in [2.24, 2.45) is 0 Å². The van der Waals surface area contributed by atoms with Crippen molar-refractivity contribution in [3.05, 3.63) is 40.0 Å². The summed E-state index contributed by atoms with van der Waals surface area (Å²) in [5.74, 6) is 0.877. The van der Waals surface area contributed by atoms with Crippen LogP contribution in [0.15, 0.2) is 33.3 Å². The number of fused-ring (bicyclic) bond motifs is 1. The zero-order chi connectivity index (χ0) is 10.3. The van der Waals surface area contributed by atoms with Gasteiger partial charge in [-0.15, -0.1) is 0 Å². The molecule has 0 aliphatic carbocycles. The molecular weight excluding hydrogens is 256 g/mol. The first-order chi connectivity index (χ1) is 7.36. The summed E-state index contributed by atoms with van der Waals surface area (Å²) in [7, 11) is 0. The molecule has 0 saturated carbocycles. The fourth-order valence-corrected chi connectivity index (χ4v) is 2.29. The minimum atomic E-state index is 0.809. The number of rotatable bonds is 1. The van der Waals surface area contributed by atoms with Gasteiger partial charge < -0.3 is 9.84 Å². The molecule has 2 aromatic rings. The molecule has 1 aromatic carbocycles. The van der Waals surface area contributed by atoms with Crippen molar-refractivity contribution in [1.29, 1.82) is 0 Å². The van der Waals surface area contributed by atoms with Crippen LogP contribution in [0.2, 0.25) is 0 Å². The molecule has 1 aliphatic heterocycles. The van der Waals surface area contributed by atoms with E-state index in [1.807, 2.05) is 24.3 Å². The number of halogens is 1. The Hall–Kier alpha value is -1.13. The van der Waals surface area contributed by atoms with Gasteiger partial charge in [-0.3, -0.25) is 0 Å². The third-order valence-electron chi connectivity index (χ3n) is 2.58. The van der Waals surface area contributed by atoms with E-state index in [0.29, 0.717) is 0 Å². The van der Waals surface area contributed by atoms with E-state index >= 15 is 0 Å². The second-order valence-corrected chi connectivity index (χ2v) is 4.37. The predicted molar refractivity (Wildman–Crippen MR) is 60.2 cm³/mol. The Bertz CT molecular complexity index is 507. The lowest BCUT2D eigenvalue weighted by Crippen LogP contribution is -2.01. The Balaban J connectivity index is 2.17. The molecule has 0 radical (unpaired) electrons. The maximum Gasteiger partial charge on any atom is 0.172 e. The molecule has 2 heterocycles. The highest BCUT2D eigenvalue weighted by Crippen LogP contribution is 2.33. The van der Waals surface area contributed by atoms with Crippen LogP contribution >= 0.6 is 15.9 Å². The molecular formula is C11H9BrN2O. The van der Waals surface area contributed by atoms with Crippen molar-refractivity contribution in [1.82, 2.24) is 10.5 Å². The smallest absolute Gasteiger partial charge is 0.172 e. The van der Waals surface area contributed by atoms with Crippen LogP contribution < -0.4 is 5.32 Å². The Morgan fingerprint density at radius 1 is 1.27 bits per heavy atom. The molecule has 0 saturated heterocycles. The minimum Gasteiger partial charge on any atom is -0.356 e. The fourth-order valence-electron chi connectivity index (χ4n) is 1.83. The Morgan fingerprint density at radius 3 is 3.00 bits per heavy atom. The highest BCUT2D eigenvalue weighted by Gasteiger charge is 2.22. The van der Waals surface area contributed by atoms with Crippen molar-refractivity contribution in [3.8, 4) is 11.3 Å². The highest BCUT2D eigenvalue weighted by molar-refractivity contribution is 9.10. The highest BCUT2D eigenvalue weighted by atomic mass is 79.9. The van der Waals surface area contributed by atoms with E-state index in [4.69, 9.17) is 4.52 Å². The van der Waals surface area contributed by atoms with Crippen LogP contribution in [0.1, 0.15) is 11.3 Å². The lowest BCUT2D eigenvalue weighted by Gasteiger charge is -2.00. The van der Waals surface area contributed by atoms with Gasteiger partial charge in [0, 0.05) is 28.7 Å². The van der Waals surface area contributed by atoms with E-state index in [0.717, 1.165) is 34.6 Å². The summed E-state index contributed by atoms with van der Waals surface area (Å²) >= 11 is 3.52. The Labute approximate surface area is 95.6 Å². The van der Waals surface area contributed by atoms with Gasteiger partial charge in [0.25, 0.3) is 0 Å². The van der Waals surface area contributed by atoms with Crippen LogP contribution in [0.3, 0.4) is 0 Å². The van der Waals surface area contributed by atoms with Crippen molar-refractivity contribution >= 4 is 15.9 Å². The number of benzene rings is 1. The van der Waals surface area contributed by atoms with Gasteiger partial charge in [0.15, 0.2) is 5.76 Å². The summed E-state index contributed by atoms with van der Waals surface area (Å²) in [5, 5.41) is 7.32. The third-order valence-corrected chi connectivity index (χ3v) is 3.27. The van der Waals surface area contributed by atoms with Crippen molar-refractivity contribution in [2.45, 2.75) is 13.1 Å². The third kappa shape index (κ3) is 1.41. The number of hydrogen-bond acceptors (Lipinski definition) is 3. The maximum absolute atomic E-state index is 5.38. The topological polar surface area (TPSA) is 38.1 Å². The van der Waals surface area contributed by atoms with Crippen LogP contribution in [0, 0.1) is 0 Å². The van der Waals surface area contributed by atoms with Gasteiger partial charge in [-0.1, -0.05) is 33.2 Å². The van der Waals surface area contributed by atoms with E-state index < -0.39 is 0 Å². The van der Waals surface area contributed by atoms with E-state index in [-0.39, 0.29) is 0 Å². The molecule has 76 valence electrons. The summed E-state index contributed by atoms with van der Waals surface area (Å²) in [6, 6.07) is 8.02. The average Bonchev–Trinajstić information content (AvgIpc) is 2.80. The van der Waals surface area contributed by atoms with Gasteiger partial charge in [0.2, 0.25) is 0 Å². The molecule has 1 aliphatic rings. The summed E-state index contributed by atoms with van der Waals surface area (Å²) < 4.78 is 6.42. The Kier molecular flexibility index (Phi) is 2.11. The van der Waals surface area contributed by atoms with Crippen molar-refractivity contribution < 1.29 is 4.52 Å². The normalized spacial score (nSPS) is 14.2. The SMILES string of the molecule is Brc1ccccc1-c1onc2c1CNC2. The van der Waals surface area contributed by atoms with Crippen LogP contribution in [-0.4, -0.2) is 5.16 Å². The first-order valence-corrected chi connectivity index (χ1v) is 5.58. The summed E-state index contributed by atoms with van der Waals surface area (Å²) in [5.41, 5.74) is 3.28. The number of nitrogens with zero attached hydrogens (tertiary/aromatic N) is 1. The summed E-state index contributed by atoms with van der Waals surface area (Å²) in [6.45, 7) is 1.65. The monoisotopic (exact) mass is 264 g/mol. The summed E-state index contributed by atoms with van der Waals surface area (Å²) in [4.78, 5) is 0. The van der Waals surface area contributed by atoms with Gasteiger partial charge in [-0.2, -0.15) is 0 Å². The zero-order valence-corrected chi connectivity index (χ0v) is 9.54. The van der Waals surface area contributed by atoms with E-state index in [9.17, 15) is 0 Å². The fraction of sp³-hybridized carbons (Fsp3) is 0.182. The minimum absolute atomic E-state index is 0.809. The lowest BCUT2D eigenvalue weighted by molar-refractivity contribution is 0.417. The molecule has 0 spiro atoms. The van der Waals surface area contributed by atoms with Crippen LogP contribution in [0.4, 0.5) is 0 Å². The Morgan fingerprint density at radius 2 is 2.13 bits per heavy atom. The first kappa shape index (κ1) is 9.12. The predicted octanol–water partition coefficient (Wildman–Crippen LogP) is 2.71. The first-order valence-electron chi connectivity index (χ1n) is 4.79. The molecule has 0 unspecified atom stereocenters. The van der Waals surface area contributed by atoms with Crippen LogP contribution in [-0.2, 0) is 13.1 Å². The second-order valence-electron chi connectivity index (χ2n) is 3.52. The molecule has 3 rings (SSSR count). The molecule has 1 aromatic heterocycles. The molecule has 0 amide bonds. The van der Waals surface area contributed by atoms with Crippen LogP contribution in [0.5, 0.6) is 0 Å². The van der Waals surface area contributed by atoms with Gasteiger partial charge in [-0.05, 0) is 12.1 Å². The number of nitrogens with one attached hydrogen (secondary N) is 1. The molecule has 0 bridgehead atoms. The standard InChI is InChI=1S/C11H9BrN2O/c12-9-4-2-1-3-7(9)11-8-5-13-6-10(8)14-15-11/h1-4,13H,5-6H2.